The molecule has 0 heterocycles. The maximum atomic E-state index is 13.5. The fraction of sp³-hybridized carbons (Fsp3) is 0.333. The molecule has 144 valence electrons. The molecule has 0 aliphatic carbocycles. The Hall–Kier alpha value is -2.76. The minimum absolute atomic E-state index is 0.0581. The van der Waals surface area contributed by atoms with Crippen LogP contribution in [0.15, 0.2) is 42.5 Å². The van der Waals surface area contributed by atoms with Crippen LogP contribution < -0.4 is 5.32 Å². The minimum atomic E-state index is -0.895. The van der Waals surface area contributed by atoms with Gasteiger partial charge in [0.05, 0.1) is 0 Å². The fourth-order valence-corrected chi connectivity index (χ4v) is 2.43. The summed E-state index contributed by atoms with van der Waals surface area (Å²) in [6.45, 7) is 5.77. The van der Waals surface area contributed by atoms with Crippen molar-refractivity contribution in [1.29, 1.82) is 0 Å². The smallest absolute Gasteiger partial charge is 0.306 e. The van der Waals surface area contributed by atoms with Crippen molar-refractivity contribution in [2.75, 3.05) is 11.9 Å². The summed E-state index contributed by atoms with van der Waals surface area (Å²) in [5, 5.41) is 2.06. The predicted molar refractivity (Wildman–Crippen MR) is 99.4 cm³/mol. The molecule has 0 unspecified atom stereocenters. The van der Waals surface area contributed by atoms with Crippen LogP contribution in [-0.4, -0.2) is 18.5 Å². The lowest BCUT2D eigenvalue weighted by Gasteiger charge is -2.19. The molecule has 0 saturated carbocycles. The quantitative estimate of drug-likeness (QED) is 0.763. The van der Waals surface area contributed by atoms with Gasteiger partial charge >= 0.3 is 5.97 Å². The summed E-state index contributed by atoms with van der Waals surface area (Å²) >= 11 is 0. The lowest BCUT2D eigenvalue weighted by Crippen LogP contribution is -2.22. The average Bonchev–Trinajstić information content (AvgIpc) is 2.61. The number of carbonyl (C=O) groups is 2. The lowest BCUT2D eigenvalue weighted by molar-refractivity contribution is -0.147. The van der Waals surface area contributed by atoms with Gasteiger partial charge in [-0.1, -0.05) is 51.1 Å². The number of amides is 1. The highest BCUT2D eigenvalue weighted by molar-refractivity contribution is 5.93. The summed E-state index contributed by atoms with van der Waals surface area (Å²) in [7, 11) is 0. The summed E-state index contributed by atoms with van der Waals surface area (Å²) in [6, 6.07) is 11.2. The normalized spacial score (nSPS) is 11.1. The zero-order valence-electron chi connectivity index (χ0n) is 15.6. The van der Waals surface area contributed by atoms with E-state index in [1.165, 1.54) is 11.6 Å². The molecule has 1 amide bonds. The number of hydrogen-bond donors (Lipinski definition) is 1. The molecular formula is C21H23F2NO3. The number of benzene rings is 2. The summed E-state index contributed by atoms with van der Waals surface area (Å²) in [5.41, 5.74) is 1.68. The molecule has 0 atom stereocenters. The molecule has 0 bridgehead atoms. The van der Waals surface area contributed by atoms with Crippen molar-refractivity contribution >= 4 is 17.6 Å². The van der Waals surface area contributed by atoms with Crippen LogP contribution >= 0.6 is 0 Å². The number of aryl methyl sites for hydroxylation is 1. The average molecular weight is 375 g/mol. The molecule has 27 heavy (non-hydrogen) atoms. The van der Waals surface area contributed by atoms with Crippen molar-refractivity contribution in [3.8, 4) is 0 Å². The van der Waals surface area contributed by atoms with E-state index in [2.05, 4.69) is 26.1 Å². The number of para-hydroxylation sites is 1. The largest absolute Gasteiger partial charge is 0.456 e. The summed E-state index contributed by atoms with van der Waals surface area (Å²) in [5.74, 6) is -3.15. The van der Waals surface area contributed by atoms with Crippen LogP contribution in [0.25, 0.3) is 0 Å². The van der Waals surface area contributed by atoms with E-state index in [9.17, 15) is 18.4 Å². The Morgan fingerprint density at radius 1 is 1.00 bits per heavy atom. The Labute approximate surface area is 157 Å². The van der Waals surface area contributed by atoms with Crippen LogP contribution in [0.5, 0.6) is 0 Å². The van der Waals surface area contributed by atoms with E-state index < -0.39 is 35.8 Å². The molecule has 0 fully saturated rings. The number of carbonyl (C=O) groups excluding carboxylic acids is 2. The summed E-state index contributed by atoms with van der Waals surface area (Å²) in [4.78, 5) is 23.5. The Balaban J connectivity index is 1.78. The predicted octanol–water partition coefficient (Wildman–Crippen LogP) is 4.38. The molecule has 0 aromatic heterocycles. The van der Waals surface area contributed by atoms with Gasteiger partial charge in [-0.2, -0.15) is 0 Å². The third-order valence-corrected chi connectivity index (χ3v) is 4.03. The SMILES string of the molecule is CC(C)(C)c1ccc(CCC(=O)OCC(=O)Nc2c(F)cccc2F)cc1. The maximum Gasteiger partial charge on any atom is 0.306 e. The maximum absolute atomic E-state index is 13.5. The number of nitrogens with one attached hydrogen (secondary N) is 1. The van der Waals surface area contributed by atoms with Gasteiger partial charge in [0.2, 0.25) is 0 Å². The third-order valence-electron chi connectivity index (χ3n) is 4.03. The molecule has 0 saturated heterocycles. The summed E-state index contributed by atoms with van der Waals surface area (Å²) in [6.07, 6.45) is 0.586. The number of rotatable bonds is 6. The van der Waals surface area contributed by atoms with Crippen LogP contribution in [0.1, 0.15) is 38.3 Å². The number of esters is 1. The molecule has 0 spiro atoms. The van der Waals surface area contributed by atoms with Crippen molar-refractivity contribution in [3.05, 3.63) is 65.2 Å². The van der Waals surface area contributed by atoms with Crippen LogP contribution in [0.4, 0.5) is 14.5 Å². The van der Waals surface area contributed by atoms with Gasteiger partial charge < -0.3 is 10.1 Å². The number of hydrogen-bond acceptors (Lipinski definition) is 3. The number of halogens is 2. The first-order chi connectivity index (χ1) is 12.7. The third kappa shape index (κ3) is 6.16. The Bertz CT molecular complexity index is 791. The van der Waals surface area contributed by atoms with Crippen LogP contribution in [0.2, 0.25) is 0 Å². The van der Waals surface area contributed by atoms with Gasteiger partial charge in [-0.3, -0.25) is 9.59 Å². The van der Waals surface area contributed by atoms with Gasteiger partial charge in [0.15, 0.2) is 6.61 Å². The van der Waals surface area contributed by atoms with E-state index in [-0.39, 0.29) is 11.8 Å². The topological polar surface area (TPSA) is 55.4 Å². The molecule has 0 aliphatic rings. The van der Waals surface area contributed by atoms with Gasteiger partial charge in [-0.15, -0.1) is 0 Å². The Kier molecular flexibility index (Phi) is 6.66. The van der Waals surface area contributed by atoms with E-state index in [0.717, 1.165) is 17.7 Å². The van der Waals surface area contributed by atoms with E-state index in [1.54, 1.807) is 0 Å². The zero-order chi connectivity index (χ0) is 20.0. The first-order valence-electron chi connectivity index (χ1n) is 8.66. The van der Waals surface area contributed by atoms with Crippen molar-refractivity contribution in [2.45, 2.75) is 39.0 Å². The zero-order valence-corrected chi connectivity index (χ0v) is 15.6. The van der Waals surface area contributed by atoms with Crippen LogP contribution in [-0.2, 0) is 26.2 Å². The molecule has 2 aromatic carbocycles. The molecule has 1 N–H and O–H groups in total. The molecule has 0 radical (unpaired) electrons. The standard InChI is InChI=1S/C21H23F2NO3/c1-21(2,3)15-10-7-14(8-11-15)9-12-19(26)27-13-18(25)24-20-16(22)5-4-6-17(20)23/h4-8,10-11H,9,12-13H2,1-3H3,(H,24,25). The molecule has 2 aromatic rings. The van der Waals surface area contributed by atoms with E-state index in [0.29, 0.717) is 6.42 Å². The fourth-order valence-electron chi connectivity index (χ4n) is 2.43. The Morgan fingerprint density at radius 2 is 1.59 bits per heavy atom. The van der Waals surface area contributed by atoms with Gasteiger partial charge in [0.1, 0.15) is 17.3 Å². The van der Waals surface area contributed by atoms with Crippen LogP contribution in [0, 0.1) is 11.6 Å². The molecule has 6 heteroatoms. The number of anilines is 1. The van der Waals surface area contributed by atoms with Crippen LogP contribution in [0.3, 0.4) is 0 Å². The highest BCUT2D eigenvalue weighted by Crippen LogP contribution is 2.22. The second-order valence-corrected chi connectivity index (χ2v) is 7.25. The second-order valence-electron chi connectivity index (χ2n) is 7.25. The molecule has 2 rings (SSSR count). The minimum Gasteiger partial charge on any atom is -0.456 e. The van der Waals surface area contributed by atoms with Crippen molar-refractivity contribution in [2.24, 2.45) is 0 Å². The Morgan fingerprint density at radius 3 is 2.15 bits per heavy atom. The number of ether oxygens (including phenoxy) is 1. The summed E-state index contributed by atoms with van der Waals surface area (Å²) < 4.78 is 31.8. The van der Waals surface area contributed by atoms with Gasteiger partial charge in [0.25, 0.3) is 5.91 Å². The van der Waals surface area contributed by atoms with Gasteiger partial charge in [0, 0.05) is 6.42 Å². The van der Waals surface area contributed by atoms with E-state index >= 15 is 0 Å². The van der Waals surface area contributed by atoms with Crippen molar-refractivity contribution < 1.29 is 23.1 Å². The van der Waals surface area contributed by atoms with Gasteiger partial charge in [-0.25, -0.2) is 8.78 Å². The molecule has 4 nitrogen and oxygen atoms in total. The van der Waals surface area contributed by atoms with Crippen molar-refractivity contribution in [1.82, 2.24) is 0 Å². The lowest BCUT2D eigenvalue weighted by atomic mass is 9.86. The van der Waals surface area contributed by atoms with Crippen molar-refractivity contribution in [3.63, 3.8) is 0 Å². The molecule has 0 aliphatic heterocycles. The second kappa shape index (κ2) is 8.75. The monoisotopic (exact) mass is 375 g/mol. The highest BCUT2D eigenvalue weighted by Gasteiger charge is 2.15. The first-order valence-corrected chi connectivity index (χ1v) is 8.66. The van der Waals surface area contributed by atoms with E-state index in [1.807, 2.05) is 24.3 Å². The highest BCUT2D eigenvalue weighted by atomic mass is 19.1. The first kappa shape index (κ1) is 20.6. The van der Waals surface area contributed by atoms with Gasteiger partial charge in [-0.05, 0) is 35.1 Å². The van der Waals surface area contributed by atoms with E-state index in [4.69, 9.17) is 4.74 Å². The molecular weight excluding hydrogens is 352 g/mol.